The summed E-state index contributed by atoms with van der Waals surface area (Å²) in [6, 6.07) is 10.3. The molecular weight excluding hydrogens is 402 g/mol. The second-order valence-corrected chi connectivity index (χ2v) is 8.89. The van der Waals surface area contributed by atoms with Crippen LogP contribution in [-0.4, -0.2) is 44.3 Å². The first-order valence-corrected chi connectivity index (χ1v) is 11.8. The van der Waals surface area contributed by atoms with Crippen LogP contribution in [-0.2, 0) is 28.9 Å². The highest BCUT2D eigenvalue weighted by Crippen LogP contribution is 2.39. The van der Waals surface area contributed by atoms with Gasteiger partial charge in [0.2, 0.25) is 0 Å². The molecule has 0 spiro atoms. The maximum atomic E-state index is 11.9. The van der Waals surface area contributed by atoms with Gasteiger partial charge in [-0.3, -0.25) is 4.90 Å². The Kier molecular flexibility index (Phi) is 7.17. The Bertz CT molecular complexity index is 953. The molecule has 0 bridgehead atoms. The molecular formula is C27H35NO4. The van der Waals surface area contributed by atoms with E-state index in [9.17, 15) is 4.79 Å². The summed E-state index contributed by atoms with van der Waals surface area (Å²) >= 11 is 0. The number of carbonyl (C=O) groups is 1. The van der Waals surface area contributed by atoms with Gasteiger partial charge in [0.25, 0.3) is 0 Å². The summed E-state index contributed by atoms with van der Waals surface area (Å²) < 4.78 is 16.7. The van der Waals surface area contributed by atoms with E-state index in [1.165, 1.54) is 47.8 Å². The minimum Gasteiger partial charge on any atom is -0.496 e. The normalized spacial score (nSPS) is 20.8. The van der Waals surface area contributed by atoms with E-state index in [4.69, 9.17) is 14.2 Å². The summed E-state index contributed by atoms with van der Waals surface area (Å²) in [6.07, 6.45) is 5.76. The van der Waals surface area contributed by atoms with Crippen LogP contribution < -0.4 is 4.74 Å². The fraction of sp³-hybridized carbons (Fsp3) is 0.519. The molecule has 32 heavy (non-hydrogen) atoms. The number of nitrogens with zero attached hydrogens (tertiary/aromatic N) is 1. The lowest BCUT2D eigenvalue weighted by Crippen LogP contribution is -2.39. The van der Waals surface area contributed by atoms with Gasteiger partial charge in [-0.2, -0.15) is 0 Å². The molecule has 172 valence electrons. The second-order valence-electron chi connectivity index (χ2n) is 8.89. The van der Waals surface area contributed by atoms with Crippen LogP contribution in [0.2, 0.25) is 0 Å². The Hall–Kier alpha value is -2.37. The zero-order valence-electron chi connectivity index (χ0n) is 19.8. The standard InChI is InChI=1S/C27H35NO4/c1-5-32-21-13-14-28(25(16-21)19-9-11-20(12-10-19)27(29)31-4)17-24-23-8-6-7-22(23)18(2)15-26(24)30-3/h9-12,15,21,25H,5-8,13-14,16-17H2,1-4H3/t21-,25-/m0/s1. The summed E-state index contributed by atoms with van der Waals surface area (Å²) in [6.45, 7) is 6.84. The highest BCUT2D eigenvalue weighted by Gasteiger charge is 2.32. The number of carbonyl (C=O) groups excluding carboxylic acids is 1. The predicted molar refractivity (Wildman–Crippen MR) is 125 cm³/mol. The molecule has 1 fully saturated rings. The van der Waals surface area contributed by atoms with Crippen molar-refractivity contribution in [2.45, 2.75) is 64.6 Å². The van der Waals surface area contributed by atoms with Crippen molar-refractivity contribution < 1.29 is 19.0 Å². The molecule has 5 heteroatoms. The lowest BCUT2D eigenvalue weighted by atomic mass is 9.90. The van der Waals surface area contributed by atoms with Gasteiger partial charge in [0.05, 0.1) is 25.9 Å². The largest absolute Gasteiger partial charge is 0.496 e. The summed E-state index contributed by atoms with van der Waals surface area (Å²) in [7, 11) is 3.20. The van der Waals surface area contributed by atoms with E-state index in [2.05, 4.69) is 36.9 Å². The van der Waals surface area contributed by atoms with E-state index in [1.54, 1.807) is 7.11 Å². The molecule has 0 radical (unpaired) electrons. The van der Waals surface area contributed by atoms with Crippen molar-refractivity contribution in [3.8, 4) is 5.75 Å². The molecule has 4 rings (SSSR count). The van der Waals surface area contributed by atoms with E-state index >= 15 is 0 Å². The first-order chi connectivity index (χ1) is 15.5. The van der Waals surface area contributed by atoms with Crippen LogP contribution in [0.5, 0.6) is 5.75 Å². The lowest BCUT2D eigenvalue weighted by Gasteiger charge is -2.40. The fourth-order valence-corrected chi connectivity index (χ4v) is 5.45. The quantitative estimate of drug-likeness (QED) is 0.569. The number of methoxy groups -OCH3 is 2. The molecule has 1 aliphatic carbocycles. The van der Waals surface area contributed by atoms with Gasteiger partial charge >= 0.3 is 5.97 Å². The van der Waals surface area contributed by atoms with E-state index in [0.717, 1.165) is 44.7 Å². The maximum Gasteiger partial charge on any atom is 0.337 e. The number of hydrogen-bond donors (Lipinski definition) is 0. The van der Waals surface area contributed by atoms with Crippen molar-refractivity contribution in [1.29, 1.82) is 0 Å². The van der Waals surface area contributed by atoms with Gasteiger partial charge in [-0.25, -0.2) is 4.79 Å². The molecule has 2 aromatic rings. The zero-order valence-corrected chi connectivity index (χ0v) is 19.8. The minimum absolute atomic E-state index is 0.232. The number of benzene rings is 2. The van der Waals surface area contributed by atoms with Gasteiger partial charge in [-0.05, 0) is 86.4 Å². The smallest absolute Gasteiger partial charge is 0.337 e. The SMILES string of the molecule is CCO[C@H]1CCN(Cc2c(OC)cc(C)c3c2CCC3)[C@H](c2ccc(C(=O)OC)cc2)C1. The summed E-state index contributed by atoms with van der Waals surface area (Å²) in [4.78, 5) is 14.4. The van der Waals surface area contributed by atoms with Crippen LogP contribution >= 0.6 is 0 Å². The average Bonchev–Trinajstić information content (AvgIpc) is 3.32. The number of hydrogen-bond acceptors (Lipinski definition) is 5. The van der Waals surface area contributed by atoms with Gasteiger partial charge in [-0.15, -0.1) is 0 Å². The van der Waals surface area contributed by atoms with Gasteiger partial charge in [0.1, 0.15) is 5.75 Å². The van der Waals surface area contributed by atoms with Crippen molar-refractivity contribution in [2.75, 3.05) is 27.4 Å². The highest BCUT2D eigenvalue weighted by atomic mass is 16.5. The van der Waals surface area contributed by atoms with E-state index in [1.807, 2.05) is 12.1 Å². The molecule has 0 N–H and O–H groups in total. The molecule has 1 heterocycles. The summed E-state index contributed by atoms with van der Waals surface area (Å²) in [5.74, 6) is 0.707. The molecule has 1 saturated heterocycles. The van der Waals surface area contributed by atoms with Crippen LogP contribution in [0.15, 0.2) is 30.3 Å². The number of esters is 1. The Balaban J connectivity index is 1.65. The topological polar surface area (TPSA) is 48.0 Å². The maximum absolute atomic E-state index is 11.9. The number of ether oxygens (including phenoxy) is 3. The Morgan fingerprint density at radius 2 is 1.88 bits per heavy atom. The third kappa shape index (κ3) is 4.55. The molecule has 2 aliphatic rings. The number of aryl methyl sites for hydroxylation is 1. The summed E-state index contributed by atoms with van der Waals surface area (Å²) in [5, 5.41) is 0. The number of fused-ring (bicyclic) bond motifs is 1. The predicted octanol–water partition coefficient (Wildman–Crippen LogP) is 5.02. The zero-order chi connectivity index (χ0) is 22.7. The van der Waals surface area contributed by atoms with Crippen molar-refractivity contribution in [3.05, 3.63) is 63.7 Å². The average molecular weight is 438 g/mol. The van der Waals surface area contributed by atoms with Gasteiger partial charge in [0, 0.05) is 31.3 Å². The molecule has 5 nitrogen and oxygen atoms in total. The van der Waals surface area contributed by atoms with Crippen molar-refractivity contribution in [2.24, 2.45) is 0 Å². The van der Waals surface area contributed by atoms with Crippen LogP contribution in [0.25, 0.3) is 0 Å². The van der Waals surface area contributed by atoms with Crippen LogP contribution in [0.4, 0.5) is 0 Å². The fourth-order valence-electron chi connectivity index (χ4n) is 5.45. The van der Waals surface area contributed by atoms with Crippen LogP contribution in [0.3, 0.4) is 0 Å². The minimum atomic E-state index is -0.302. The van der Waals surface area contributed by atoms with E-state index in [0.29, 0.717) is 5.56 Å². The van der Waals surface area contributed by atoms with E-state index in [-0.39, 0.29) is 18.1 Å². The molecule has 0 unspecified atom stereocenters. The molecule has 0 amide bonds. The summed E-state index contributed by atoms with van der Waals surface area (Å²) in [5.41, 5.74) is 7.50. The first-order valence-electron chi connectivity index (χ1n) is 11.8. The van der Waals surface area contributed by atoms with Gasteiger partial charge in [0.15, 0.2) is 0 Å². The molecule has 1 aliphatic heterocycles. The van der Waals surface area contributed by atoms with Crippen molar-refractivity contribution in [3.63, 3.8) is 0 Å². The lowest BCUT2D eigenvalue weighted by molar-refractivity contribution is -0.0140. The first kappa shape index (κ1) is 22.8. The molecule has 2 atom stereocenters. The van der Waals surface area contributed by atoms with Crippen LogP contribution in [0, 0.1) is 6.92 Å². The Labute approximate surface area is 191 Å². The van der Waals surface area contributed by atoms with Crippen LogP contribution in [0.1, 0.15) is 70.4 Å². The molecule has 0 saturated carbocycles. The third-order valence-electron chi connectivity index (χ3n) is 7.07. The van der Waals surface area contributed by atoms with Crippen molar-refractivity contribution >= 4 is 5.97 Å². The number of likely N-dealkylation sites (tertiary alicyclic amines) is 1. The van der Waals surface area contributed by atoms with Crippen molar-refractivity contribution in [1.82, 2.24) is 4.90 Å². The Morgan fingerprint density at radius 1 is 1.12 bits per heavy atom. The molecule has 0 aromatic heterocycles. The van der Waals surface area contributed by atoms with Gasteiger partial charge in [-0.1, -0.05) is 12.1 Å². The number of piperidine rings is 1. The van der Waals surface area contributed by atoms with Gasteiger partial charge < -0.3 is 14.2 Å². The second kappa shape index (κ2) is 10.1. The van der Waals surface area contributed by atoms with E-state index < -0.39 is 0 Å². The monoisotopic (exact) mass is 437 g/mol. The Morgan fingerprint density at radius 3 is 2.56 bits per heavy atom. The number of rotatable bonds is 7. The highest BCUT2D eigenvalue weighted by molar-refractivity contribution is 5.89. The third-order valence-corrected chi connectivity index (χ3v) is 7.07. The molecule has 2 aromatic carbocycles.